The first-order chi connectivity index (χ1) is 8.74. The Balaban J connectivity index is 2.07. The zero-order chi connectivity index (χ0) is 13.2. The lowest BCUT2D eigenvalue weighted by Gasteiger charge is -2.05. The van der Waals surface area contributed by atoms with E-state index in [1.807, 2.05) is 0 Å². The fraction of sp³-hybridized carbons (Fsp3) is 0.500. The number of aliphatic hydroxyl groups is 1. The van der Waals surface area contributed by atoms with E-state index in [1.165, 1.54) is 12.5 Å². The predicted molar refractivity (Wildman–Crippen MR) is 65.0 cm³/mol. The van der Waals surface area contributed by atoms with Crippen molar-refractivity contribution in [2.75, 3.05) is 19.7 Å². The van der Waals surface area contributed by atoms with E-state index in [0.29, 0.717) is 18.5 Å². The molecule has 1 rings (SSSR count). The maximum Gasteiger partial charge on any atom is 0.254 e. The summed E-state index contributed by atoms with van der Waals surface area (Å²) in [6, 6.07) is 1.56. The van der Waals surface area contributed by atoms with Crippen LogP contribution in [0, 0.1) is 0 Å². The predicted octanol–water partition coefficient (Wildman–Crippen LogP) is 0.288. The molecule has 18 heavy (non-hydrogen) atoms. The van der Waals surface area contributed by atoms with Crippen LogP contribution >= 0.6 is 0 Å². The van der Waals surface area contributed by atoms with E-state index in [0.717, 1.165) is 6.42 Å². The first kappa shape index (κ1) is 14.2. The molecule has 3 N–H and O–H groups in total. The average Bonchev–Trinajstić information content (AvgIpc) is 2.88. The fourth-order valence-corrected chi connectivity index (χ4v) is 1.34. The summed E-state index contributed by atoms with van der Waals surface area (Å²) in [5, 5.41) is 13.9. The minimum absolute atomic E-state index is 0.111. The van der Waals surface area contributed by atoms with Crippen LogP contribution in [0.5, 0.6) is 0 Å². The molecule has 0 saturated carbocycles. The summed E-state index contributed by atoms with van der Waals surface area (Å²) >= 11 is 0. The summed E-state index contributed by atoms with van der Waals surface area (Å²) in [4.78, 5) is 22.8. The van der Waals surface area contributed by atoms with E-state index in [-0.39, 0.29) is 31.4 Å². The quantitative estimate of drug-likeness (QED) is 0.581. The molecule has 1 aromatic heterocycles. The Morgan fingerprint density at radius 3 is 2.72 bits per heavy atom. The van der Waals surface area contributed by atoms with Crippen LogP contribution in [0.4, 0.5) is 0 Å². The van der Waals surface area contributed by atoms with Crippen molar-refractivity contribution < 1.29 is 19.1 Å². The molecule has 1 heterocycles. The molecule has 0 fully saturated rings. The first-order valence-electron chi connectivity index (χ1n) is 5.92. The molecule has 0 saturated heterocycles. The van der Waals surface area contributed by atoms with Crippen LogP contribution in [0.3, 0.4) is 0 Å². The third-order valence-corrected chi connectivity index (χ3v) is 2.33. The van der Waals surface area contributed by atoms with Gasteiger partial charge in [-0.05, 0) is 18.9 Å². The van der Waals surface area contributed by atoms with Gasteiger partial charge in [0.1, 0.15) is 6.26 Å². The number of nitrogens with one attached hydrogen (secondary N) is 2. The van der Waals surface area contributed by atoms with Crippen LogP contribution in [-0.4, -0.2) is 36.6 Å². The summed E-state index contributed by atoms with van der Waals surface area (Å²) in [5.74, 6) is -0.364. The van der Waals surface area contributed by atoms with E-state index in [1.54, 1.807) is 6.07 Å². The van der Waals surface area contributed by atoms with Crippen molar-refractivity contribution in [1.82, 2.24) is 10.6 Å². The number of hydrogen-bond donors (Lipinski definition) is 3. The molecule has 0 spiro atoms. The number of aliphatic hydroxyl groups excluding tert-OH is 1. The molecule has 0 aliphatic heterocycles. The molecule has 1 aromatic rings. The van der Waals surface area contributed by atoms with Crippen LogP contribution in [0.2, 0.25) is 0 Å². The van der Waals surface area contributed by atoms with Crippen LogP contribution in [-0.2, 0) is 4.79 Å². The number of carbonyl (C=O) groups excluding carboxylic acids is 2. The summed E-state index contributed by atoms with van der Waals surface area (Å²) in [6.45, 7) is 0.974. The fourth-order valence-electron chi connectivity index (χ4n) is 1.34. The van der Waals surface area contributed by atoms with Crippen molar-refractivity contribution in [2.45, 2.75) is 19.3 Å². The SMILES string of the molecule is O=C(CCNC(=O)c1ccoc1)NCCCCO. The average molecular weight is 254 g/mol. The highest BCUT2D eigenvalue weighted by atomic mass is 16.3. The number of rotatable bonds is 8. The highest BCUT2D eigenvalue weighted by Crippen LogP contribution is 1.98. The molecular formula is C12H18N2O4. The van der Waals surface area contributed by atoms with E-state index in [4.69, 9.17) is 9.52 Å². The van der Waals surface area contributed by atoms with Crippen molar-refractivity contribution in [3.05, 3.63) is 24.2 Å². The van der Waals surface area contributed by atoms with Crippen molar-refractivity contribution in [1.29, 1.82) is 0 Å². The molecule has 0 aromatic carbocycles. The molecule has 2 amide bonds. The van der Waals surface area contributed by atoms with Gasteiger partial charge in [-0.25, -0.2) is 0 Å². The summed E-state index contributed by atoms with van der Waals surface area (Å²) in [7, 11) is 0. The zero-order valence-corrected chi connectivity index (χ0v) is 10.1. The minimum atomic E-state index is -0.253. The molecule has 0 bridgehead atoms. The molecule has 0 aliphatic rings. The smallest absolute Gasteiger partial charge is 0.254 e. The monoisotopic (exact) mass is 254 g/mol. The van der Waals surface area contributed by atoms with Gasteiger partial charge in [-0.2, -0.15) is 0 Å². The van der Waals surface area contributed by atoms with E-state index in [2.05, 4.69) is 10.6 Å². The number of furan rings is 1. The maximum atomic E-state index is 11.5. The number of unbranched alkanes of at least 4 members (excludes halogenated alkanes) is 1. The Hall–Kier alpha value is -1.82. The third kappa shape index (κ3) is 5.49. The lowest BCUT2D eigenvalue weighted by atomic mass is 10.3. The zero-order valence-electron chi connectivity index (χ0n) is 10.1. The molecular weight excluding hydrogens is 236 g/mol. The van der Waals surface area contributed by atoms with Gasteiger partial charge in [-0.15, -0.1) is 0 Å². The van der Waals surface area contributed by atoms with Crippen molar-refractivity contribution >= 4 is 11.8 Å². The van der Waals surface area contributed by atoms with Gasteiger partial charge < -0.3 is 20.2 Å². The van der Waals surface area contributed by atoms with E-state index in [9.17, 15) is 9.59 Å². The molecule has 0 unspecified atom stereocenters. The molecule has 6 heteroatoms. The summed E-state index contributed by atoms with van der Waals surface area (Å²) < 4.78 is 4.78. The number of hydrogen-bond acceptors (Lipinski definition) is 4. The second kappa shape index (κ2) is 8.30. The maximum absolute atomic E-state index is 11.5. The van der Waals surface area contributed by atoms with Gasteiger partial charge in [0, 0.05) is 26.1 Å². The van der Waals surface area contributed by atoms with Gasteiger partial charge in [-0.3, -0.25) is 9.59 Å². The van der Waals surface area contributed by atoms with Gasteiger partial charge in [-0.1, -0.05) is 0 Å². The van der Waals surface area contributed by atoms with E-state index < -0.39 is 0 Å². The standard InChI is InChI=1S/C12H18N2O4/c15-7-2-1-5-13-11(16)3-6-14-12(17)10-4-8-18-9-10/h4,8-9,15H,1-3,5-7H2,(H,13,16)(H,14,17). The molecule has 6 nitrogen and oxygen atoms in total. The molecule has 0 atom stereocenters. The van der Waals surface area contributed by atoms with Crippen LogP contribution < -0.4 is 10.6 Å². The highest BCUT2D eigenvalue weighted by Gasteiger charge is 2.07. The number of carbonyl (C=O) groups is 2. The topological polar surface area (TPSA) is 91.6 Å². The Morgan fingerprint density at radius 1 is 1.22 bits per heavy atom. The van der Waals surface area contributed by atoms with Gasteiger partial charge in [0.25, 0.3) is 5.91 Å². The summed E-state index contributed by atoms with van der Waals surface area (Å²) in [6.07, 6.45) is 4.44. The molecule has 0 radical (unpaired) electrons. The van der Waals surface area contributed by atoms with Gasteiger partial charge >= 0.3 is 0 Å². The second-order valence-electron chi connectivity index (χ2n) is 3.80. The normalized spacial score (nSPS) is 10.1. The van der Waals surface area contributed by atoms with Crippen molar-refractivity contribution in [3.8, 4) is 0 Å². The number of amides is 2. The summed E-state index contributed by atoms with van der Waals surface area (Å²) in [5.41, 5.74) is 0.443. The van der Waals surface area contributed by atoms with Crippen molar-refractivity contribution in [2.24, 2.45) is 0 Å². The lowest BCUT2D eigenvalue weighted by molar-refractivity contribution is -0.120. The van der Waals surface area contributed by atoms with Gasteiger partial charge in [0.05, 0.1) is 11.8 Å². The largest absolute Gasteiger partial charge is 0.472 e. The molecule has 0 aliphatic carbocycles. The van der Waals surface area contributed by atoms with Gasteiger partial charge in [0.2, 0.25) is 5.91 Å². The van der Waals surface area contributed by atoms with Crippen LogP contribution in [0.25, 0.3) is 0 Å². The van der Waals surface area contributed by atoms with Crippen LogP contribution in [0.15, 0.2) is 23.0 Å². The van der Waals surface area contributed by atoms with Crippen molar-refractivity contribution in [3.63, 3.8) is 0 Å². The Labute approximate surface area is 105 Å². The lowest BCUT2D eigenvalue weighted by Crippen LogP contribution is -2.31. The second-order valence-corrected chi connectivity index (χ2v) is 3.80. The van der Waals surface area contributed by atoms with Crippen LogP contribution in [0.1, 0.15) is 29.6 Å². The highest BCUT2D eigenvalue weighted by molar-refractivity contribution is 5.93. The molecule has 100 valence electrons. The van der Waals surface area contributed by atoms with E-state index >= 15 is 0 Å². The third-order valence-electron chi connectivity index (χ3n) is 2.33. The first-order valence-corrected chi connectivity index (χ1v) is 5.92. The Morgan fingerprint density at radius 2 is 2.06 bits per heavy atom. The minimum Gasteiger partial charge on any atom is -0.472 e. The Kier molecular flexibility index (Phi) is 6.56. The Bertz CT molecular complexity index is 362. The van der Waals surface area contributed by atoms with Gasteiger partial charge in [0.15, 0.2) is 0 Å².